The Balaban J connectivity index is 1.49. The van der Waals surface area contributed by atoms with Crippen molar-refractivity contribution >= 4 is 5.82 Å². The van der Waals surface area contributed by atoms with Crippen molar-refractivity contribution in [2.45, 2.75) is 51.5 Å². The lowest BCUT2D eigenvalue weighted by molar-refractivity contribution is -0.0789. The van der Waals surface area contributed by atoms with Gasteiger partial charge in [-0.1, -0.05) is 6.07 Å². The normalized spacial score (nSPS) is 25.8. The fourth-order valence-corrected chi connectivity index (χ4v) is 3.74. The number of hydrogen-bond donors (Lipinski definition) is 0. The zero-order valence-electron chi connectivity index (χ0n) is 14.8. The number of pyridine rings is 1. The van der Waals surface area contributed by atoms with Crippen molar-refractivity contribution in [3.05, 3.63) is 47.4 Å². The Hall–Kier alpha value is -2.05. The number of anilines is 1. The zero-order valence-corrected chi connectivity index (χ0v) is 14.8. The summed E-state index contributed by atoms with van der Waals surface area (Å²) in [4.78, 5) is 6.82. The molecule has 0 unspecified atom stereocenters. The molecule has 4 heterocycles. The predicted molar refractivity (Wildman–Crippen MR) is 94.4 cm³/mol. The first-order chi connectivity index (χ1) is 12.2. The summed E-state index contributed by atoms with van der Waals surface area (Å²) in [5.74, 6) is 0.908. The highest BCUT2D eigenvalue weighted by Gasteiger charge is 2.45. The van der Waals surface area contributed by atoms with Gasteiger partial charge < -0.3 is 14.4 Å². The van der Waals surface area contributed by atoms with Gasteiger partial charge in [-0.3, -0.25) is 4.98 Å². The van der Waals surface area contributed by atoms with Crippen LogP contribution in [0.5, 0.6) is 0 Å². The third kappa shape index (κ3) is 3.50. The van der Waals surface area contributed by atoms with Crippen LogP contribution in [0.3, 0.4) is 0 Å². The summed E-state index contributed by atoms with van der Waals surface area (Å²) in [5.41, 5.74) is 2.90. The van der Waals surface area contributed by atoms with Crippen molar-refractivity contribution in [2.75, 3.05) is 18.1 Å². The molecule has 0 saturated carbocycles. The van der Waals surface area contributed by atoms with Crippen LogP contribution in [0.1, 0.15) is 29.9 Å². The first-order valence-corrected chi connectivity index (χ1v) is 8.93. The molecule has 2 aliphatic heterocycles. The van der Waals surface area contributed by atoms with Gasteiger partial charge in [-0.25, -0.2) is 0 Å². The lowest BCUT2D eigenvalue weighted by Gasteiger charge is -2.32. The highest BCUT2D eigenvalue weighted by Crippen LogP contribution is 2.33. The molecule has 2 aliphatic rings. The van der Waals surface area contributed by atoms with E-state index in [9.17, 15) is 0 Å². The highest BCUT2D eigenvalue weighted by molar-refractivity contribution is 5.42. The second-order valence-corrected chi connectivity index (χ2v) is 6.85. The molecule has 3 atom stereocenters. The van der Waals surface area contributed by atoms with Crippen LogP contribution in [-0.2, 0) is 16.1 Å². The van der Waals surface area contributed by atoms with E-state index in [-0.39, 0.29) is 12.2 Å². The van der Waals surface area contributed by atoms with Crippen LogP contribution < -0.4 is 4.90 Å². The van der Waals surface area contributed by atoms with Crippen molar-refractivity contribution in [3.63, 3.8) is 0 Å². The van der Waals surface area contributed by atoms with E-state index in [0.717, 1.165) is 48.9 Å². The molecule has 2 saturated heterocycles. The Morgan fingerprint density at radius 1 is 1.16 bits per heavy atom. The Labute approximate surface area is 148 Å². The first kappa shape index (κ1) is 16.4. The largest absolute Gasteiger partial charge is 0.373 e. The van der Waals surface area contributed by atoms with Crippen molar-refractivity contribution < 1.29 is 9.47 Å². The van der Waals surface area contributed by atoms with Gasteiger partial charge in [-0.15, -0.1) is 5.10 Å². The Morgan fingerprint density at radius 3 is 2.88 bits per heavy atom. The van der Waals surface area contributed by atoms with E-state index < -0.39 is 0 Å². The molecule has 0 spiro atoms. The standard InChI is InChI=1S/C19H24N4O2/c1-13-5-3-6-15(20-13)12-25-17-11-23(16-7-4-10-24-19(16)17)18-9-8-14(2)21-22-18/h3,5-6,8-9,16-17,19H,4,7,10-12H2,1-2H3/t16-,17+,19+/m0/s1. The molecule has 0 amide bonds. The molecule has 2 aromatic heterocycles. The summed E-state index contributed by atoms with van der Waals surface area (Å²) >= 11 is 0. The summed E-state index contributed by atoms with van der Waals surface area (Å²) in [6.45, 7) is 6.04. The minimum Gasteiger partial charge on any atom is -0.373 e. The summed E-state index contributed by atoms with van der Waals surface area (Å²) in [5, 5.41) is 8.57. The monoisotopic (exact) mass is 340 g/mol. The molecule has 6 heteroatoms. The molecule has 4 rings (SSSR count). The lowest BCUT2D eigenvalue weighted by atomic mass is 10.0. The number of ether oxygens (including phenoxy) is 2. The average Bonchev–Trinajstić information content (AvgIpc) is 3.00. The van der Waals surface area contributed by atoms with Gasteiger partial charge in [0.15, 0.2) is 5.82 Å². The summed E-state index contributed by atoms with van der Waals surface area (Å²) < 4.78 is 12.3. The van der Waals surface area contributed by atoms with Crippen molar-refractivity contribution in [1.82, 2.24) is 15.2 Å². The van der Waals surface area contributed by atoms with Crippen LogP contribution in [-0.4, -0.2) is 46.6 Å². The third-order valence-corrected chi connectivity index (χ3v) is 4.95. The van der Waals surface area contributed by atoms with Crippen molar-refractivity contribution in [2.24, 2.45) is 0 Å². The fourth-order valence-electron chi connectivity index (χ4n) is 3.74. The maximum Gasteiger partial charge on any atom is 0.151 e. The van der Waals surface area contributed by atoms with Gasteiger partial charge in [0, 0.05) is 18.8 Å². The van der Waals surface area contributed by atoms with Crippen LogP contribution in [0.2, 0.25) is 0 Å². The molecule has 2 fully saturated rings. The van der Waals surface area contributed by atoms with E-state index in [2.05, 4.69) is 20.1 Å². The van der Waals surface area contributed by atoms with E-state index >= 15 is 0 Å². The number of fused-ring (bicyclic) bond motifs is 1. The number of aryl methyl sites for hydroxylation is 2. The van der Waals surface area contributed by atoms with Gasteiger partial charge >= 0.3 is 0 Å². The molecule has 2 aromatic rings. The van der Waals surface area contributed by atoms with Gasteiger partial charge in [0.25, 0.3) is 0 Å². The van der Waals surface area contributed by atoms with E-state index in [1.54, 1.807) is 0 Å². The van der Waals surface area contributed by atoms with Crippen LogP contribution >= 0.6 is 0 Å². The van der Waals surface area contributed by atoms with Crippen LogP contribution in [0.4, 0.5) is 5.82 Å². The van der Waals surface area contributed by atoms with Gasteiger partial charge in [-0.2, -0.15) is 5.10 Å². The van der Waals surface area contributed by atoms with Gasteiger partial charge in [0.05, 0.1) is 24.0 Å². The smallest absolute Gasteiger partial charge is 0.151 e. The fraction of sp³-hybridized carbons (Fsp3) is 0.526. The minimum atomic E-state index is 0.0238. The lowest BCUT2D eigenvalue weighted by Crippen LogP contribution is -2.42. The highest BCUT2D eigenvalue weighted by atomic mass is 16.5. The van der Waals surface area contributed by atoms with Crippen LogP contribution in [0, 0.1) is 13.8 Å². The SMILES string of the molecule is Cc1ccc(N2C[C@@H](OCc3cccc(C)n3)[C@@H]3OCCC[C@@H]32)nn1. The second kappa shape index (κ2) is 7.06. The number of nitrogens with zero attached hydrogens (tertiary/aromatic N) is 4. The summed E-state index contributed by atoms with van der Waals surface area (Å²) in [6.07, 6.45) is 2.28. The van der Waals surface area contributed by atoms with E-state index in [1.165, 1.54) is 0 Å². The molecule has 0 radical (unpaired) electrons. The Bertz CT molecular complexity index is 722. The Morgan fingerprint density at radius 2 is 2.08 bits per heavy atom. The maximum atomic E-state index is 6.21. The van der Waals surface area contributed by atoms with Gasteiger partial charge in [-0.05, 0) is 51.0 Å². The second-order valence-electron chi connectivity index (χ2n) is 6.85. The third-order valence-electron chi connectivity index (χ3n) is 4.95. The molecular weight excluding hydrogens is 316 g/mol. The number of rotatable bonds is 4. The minimum absolute atomic E-state index is 0.0238. The van der Waals surface area contributed by atoms with Gasteiger partial charge in [0.2, 0.25) is 0 Å². The van der Waals surface area contributed by atoms with E-state index in [0.29, 0.717) is 12.6 Å². The molecule has 0 aliphatic carbocycles. The van der Waals surface area contributed by atoms with E-state index in [1.807, 2.05) is 44.2 Å². The number of hydrogen-bond acceptors (Lipinski definition) is 6. The molecule has 132 valence electrons. The molecular formula is C19H24N4O2. The molecule has 6 nitrogen and oxygen atoms in total. The molecule has 0 N–H and O–H groups in total. The zero-order chi connectivity index (χ0) is 17.2. The first-order valence-electron chi connectivity index (χ1n) is 8.93. The predicted octanol–water partition coefficient (Wildman–Crippen LogP) is 2.44. The quantitative estimate of drug-likeness (QED) is 0.852. The van der Waals surface area contributed by atoms with Crippen LogP contribution in [0.25, 0.3) is 0 Å². The topological polar surface area (TPSA) is 60.4 Å². The molecule has 0 aromatic carbocycles. The van der Waals surface area contributed by atoms with Crippen LogP contribution in [0.15, 0.2) is 30.3 Å². The summed E-state index contributed by atoms with van der Waals surface area (Å²) in [7, 11) is 0. The van der Waals surface area contributed by atoms with E-state index in [4.69, 9.17) is 9.47 Å². The summed E-state index contributed by atoms with van der Waals surface area (Å²) in [6, 6.07) is 10.4. The number of aromatic nitrogens is 3. The average molecular weight is 340 g/mol. The van der Waals surface area contributed by atoms with Gasteiger partial charge in [0.1, 0.15) is 12.2 Å². The molecule has 25 heavy (non-hydrogen) atoms. The van der Waals surface area contributed by atoms with Crippen molar-refractivity contribution in [1.29, 1.82) is 0 Å². The maximum absolute atomic E-state index is 6.21. The van der Waals surface area contributed by atoms with Crippen molar-refractivity contribution in [3.8, 4) is 0 Å². The molecule has 0 bridgehead atoms. The Kier molecular flexibility index (Phi) is 4.63.